The highest BCUT2D eigenvalue weighted by molar-refractivity contribution is 8.00. The van der Waals surface area contributed by atoms with Crippen LogP contribution in [0.3, 0.4) is 0 Å². The molecule has 0 unspecified atom stereocenters. The Hall–Kier alpha value is -6.02. The van der Waals surface area contributed by atoms with E-state index < -0.39 is 120 Å². The number of carbonyl (C=O) groups excluding carboxylic acids is 7. The summed E-state index contributed by atoms with van der Waals surface area (Å²) in [5.74, 6) is -5.30. The van der Waals surface area contributed by atoms with Gasteiger partial charge in [-0.1, -0.05) is 72.8 Å². The van der Waals surface area contributed by atoms with E-state index in [0.29, 0.717) is 22.4 Å². The number of ether oxygens (including phenoxy) is 11. The third kappa shape index (κ3) is 12.8. The van der Waals surface area contributed by atoms with Crippen LogP contribution in [-0.4, -0.2) is 122 Å². The molecule has 2 fully saturated rings. The van der Waals surface area contributed by atoms with Gasteiger partial charge in [-0.3, -0.25) is 33.6 Å². The van der Waals surface area contributed by atoms with Gasteiger partial charge in [-0.05, 0) is 28.8 Å². The quantitative estimate of drug-likeness (QED) is 0.104. The van der Waals surface area contributed by atoms with E-state index in [1.165, 1.54) is 7.11 Å². The number of hydrogen-bond acceptors (Lipinski definition) is 19. The lowest BCUT2D eigenvalue weighted by Gasteiger charge is -2.48. The van der Waals surface area contributed by atoms with Gasteiger partial charge in [-0.2, -0.15) is 0 Å². The molecule has 350 valence electrons. The molecule has 19 heteroatoms. The first-order valence-electron chi connectivity index (χ1n) is 20.5. The maximum absolute atomic E-state index is 13.2. The van der Waals surface area contributed by atoms with Gasteiger partial charge in [-0.25, -0.2) is 0 Å². The summed E-state index contributed by atoms with van der Waals surface area (Å²) in [7, 11) is 1.53. The van der Waals surface area contributed by atoms with E-state index in [-0.39, 0.29) is 0 Å². The molecule has 0 radical (unpaired) electrons. The van der Waals surface area contributed by atoms with Gasteiger partial charge in [-0.15, -0.1) is 11.8 Å². The summed E-state index contributed by atoms with van der Waals surface area (Å²) >= 11 is 0.774. The second-order valence-electron chi connectivity index (χ2n) is 14.9. The van der Waals surface area contributed by atoms with Gasteiger partial charge in [0.1, 0.15) is 41.7 Å². The normalized spacial score (nSPS) is 25.2. The topological polar surface area (TPSA) is 221 Å². The first-order valence-corrected chi connectivity index (χ1v) is 21.4. The maximum atomic E-state index is 13.2. The van der Waals surface area contributed by atoms with Crippen molar-refractivity contribution < 1.29 is 85.7 Å². The van der Waals surface area contributed by atoms with Gasteiger partial charge in [0.15, 0.2) is 24.4 Å². The first-order chi connectivity index (χ1) is 30.9. The fourth-order valence-corrected chi connectivity index (χ4v) is 9.28. The van der Waals surface area contributed by atoms with Crippen LogP contribution in [-0.2, 0) is 86.5 Å². The second kappa shape index (κ2) is 22.7. The lowest BCUT2D eigenvalue weighted by atomic mass is 9.80. The number of methoxy groups -OCH3 is 1. The zero-order valence-electron chi connectivity index (χ0n) is 37.0. The molecule has 0 bridgehead atoms. The monoisotopic (exact) mass is 924 g/mol. The Bertz CT molecular complexity index is 2110. The molecular weight excluding hydrogens is 873 g/mol. The van der Waals surface area contributed by atoms with E-state index in [0.717, 1.165) is 60.2 Å². The molecule has 2 saturated heterocycles. The van der Waals surface area contributed by atoms with Crippen molar-refractivity contribution in [3.05, 3.63) is 102 Å². The van der Waals surface area contributed by atoms with Crippen LogP contribution < -0.4 is 4.74 Å². The molecule has 5 rings (SSSR count). The van der Waals surface area contributed by atoms with E-state index in [9.17, 15) is 33.6 Å². The van der Waals surface area contributed by atoms with E-state index in [2.05, 4.69) is 0 Å². The minimum absolute atomic E-state index is 0.404. The highest BCUT2D eigenvalue weighted by atomic mass is 32.2. The van der Waals surface area contributed by atoms with Crippen molar-refractivity contribution in [1.82, 2.24) is 0 Å². The number of carbonyl (C=O) groups is 7. The molecule has 10 atom stereocenters. The SMILES string of the molecule is COc1cccc(C(OC[C@H]2O[C@H](OC(C)=O)[C@H](OC(C)=O)[C@@H](S[C@@H]3O[C@H](COC(C)=O)[C@@H](OC(C)=O)[C@H](OC(C)=O)[C@H]3OC(C)=O)[C@@H]2OC(C)=O)(c2ccccc2)c2ccccc2)c1. The third-order valence-electron chi connectivity index (χ3n) is 10.0. The summed E-state index contributed by atoms with van der Waals surface area (Å²) in [4.78, 5) is 88.7. The Labute approximate surface area is 379 Å². The van der Waals surface area contributed by atoms with E-state index in [1.807, 2.05) is 72.8 Å². The lowest BCUT2D eigenvalue weighted by Crippen LogP contribution is -2.64. The molecule has 3 aromatic carbocycles. The highest BCUT2D eigenvalue weighted by Gasteiger charge is 2.58. The molecule has 3 aromatic rings. The van der Waals surface area contributed by atoms with Crippen molar-refractivity contribution >= 4 is 53.5 Å². The van der Waals surface area contributed by atoms with E-state index in [1.54, 1.807) is 12.1 Å². The number of rotatable bonds is 17. The summed E-state index contributed by atoms with van der Waals surface area (Å²) in [6.45, 7) is 6.77. The summed E-state index contributed by atoms with van der Waals surface area (Å²) in [6, 6.07) is 25.8. The molecule has 65 heavy (non-hydrogen) atoms. The number of esters is 7. The Kier molecular flexibility index (Phi) is 17.5. The van der Waals surface area contributed by atoms with Crippen LogP contribution in [0.4, 0.5) is 0 Å². The third-order valence-corrected chi connectivity index (χ3v) is 11.5. The largest absolute Gasteiger partial charge is 0.497 e. The van der Waals surface area contributed by atoms with E-state index >= 15 is 0 Å². The van der Waals surface area contributed by atoms with Crippen molar-refractivity contribution in [3.8, 4) is 5.75 Å². The van der Waals surface area contributed by atoms with Gasteiger partial charge >= 0.3 is 41.8 Å². The predicted octanol–water partition coefficient (Wildman–Crippen LogP) is 4.34. The fraction of sp³-hybridized carbons (Fsp3) is 0.457. The molecule has 0 spiro atoms. The second-order valence-corrected chi connectivity index (χ2v) is 16.2. The van der Waals surface area contributed by atoms with Crippen molar-refractivity contribution in [2.24, 2.45) is 0 Å². The molecule has 18 nitrogen and oxygen atoms in total. The molecular formula is C46H52O18S. The van der Waals surface area contributed by atoms with Crippen LogP contribution in [0.15, 0.2) is 84.9 Å². The van der Waals surface area contributed by atoms with Gasteiger partial charge in [0, 0.05) is 48.5 Å². The molecule has 2 aliphatic heterocycles. The van der Waals surface area contributed by atoms with Gasteiger partial charge < -0.3 is 52.1 Å². The minimum Gasteiger partial charge on any atom is -0.497 e. The van der Waals surface area contributed by atoms with Crippen LogP contribution in [0.2, 0.25) is 0 Å². The van der Waals surface area contributed by atoms with Gasteiger partial charge in [0.2, 0.25) is 6.29 Å². The first kappa shape index (κ1) is 50.0. The lowest BCUT2D eigenvalue weighted by molar-refractivity contribution is -0.272. The summed E-state index contributed by atoms with van der Waals surface area (Å²) in [5.41, 5.74) is -0.896. The van der Waals surface area contributed by atoms with Crippen molar-refractivity contribution in [3.63, 3.8) is 0 Å². The predicted molar refractivity (Wildman–Crippen MR) is 227 cm³/mol. The van der Waals surface area contributed by atoms with Crippen LogP contribution in [0, 0.1) is 0 Å². The Morgan fingerprint density at radius 3 is 1.51 bits per heavy atom. The maximum Gasteiger partial charge on any atom is 0.305 e. The smallest absolute Gasteiger partial charge is 0.305 e. The van der Waals surface area contributed by atoms with Gasteiger partial charge in [0.25, 0.3) is 0 Å². The Morgan fingerprint density at radius 2 is 0.985 bits per heavy atom. The summed E-state index contributed by atoms with van der Waals surface area (Å²) in [6.07, 6.45) is -12.0. The molecule has 0 aromatic heterocycles. The molecule has 0 aliphatic carbocycles. The zero-order chi connectivity index (χ0) is 47.4. The Morgan fingerprint density at radius 1 is 0.508 bits per heavy atom. The van der Waals surface area contributed by atoms with Crippen LogP contribution in [0.25, 0.3) is 0 Å². The molecule has 2 heterocycles. The molecule has 0 amide bonds. The fourth-order valence-electron chi connectivity index (χ4n) is 7.67. The standard InChI is InChI=1S/C46H52O18S/c1-25(47)55-23-36-38(57-26(2)48)40(59-28(4)50)41(60-29(5)51)45(64-36)65-43-39(58-27(3)49)37(63-44(62-31(7)53)42(43)61-30(6)52)24-56-46(32-16-11-9-12-17-32,33-18-13-10-14-19-33)34-20-15-21-35(22-34)54-8/h9-22,36-45H,23-24H2,1-8H3/t36-,37-,38-,39-,40+,41-,42-,43+,44+,45+/m1/s1. The van der Waals surface area contributed by atoms with Crippen LogP contribution in [0.1, 0.15) is 65.2 Å². The minimum atomic E-state index is -1.68. The zero-order valence-corrected chi connectivity index (χ0v) is 37.8. The number of thioether (sulfide) groups is 1. The van der Waals surface area contributed by atoms with Gasteiger partial charge in [0.05, 0.1) is 19.0 Å². The van der Waals surface area contributed by atoms with Crippen molar-refractivity contribution in [2.75, 3.05) is 20.3 Å². The number of hydrogen-bond donors (Lipinski definition) is 0. The summed E-state index contributed by atoms with van der Waals surface area (Å²) < 4.78 is 65.2. The molecule has 2 aliphatic rings. The Balaban J connectivity index is 1.69. The highest BCUT2D eigenvalue weighted by Crippen LogP contribution is 2.45. The average Bonchev–Trinajstić information content (AvgIpc) is 3.24. The van der Waals surface area contributed by atoms with Crippen LogP contribution >= 0.6 is 11.8 Å². The van der Waals surface area contributed by atoms with Crippen molar-refractivity contribution in [1.29, 1.82) is 0 Å². The van der Waals surface area contributed by atoms with E-state index in [4.69, 9.17) is 52.1 Å². The molecule has 0 N–H and O–H groups in total. The van der Waals surface area contributed by atoms with Crippen molar-refractivity contribution in [2.45, 2.75) is 114 Å². The molecule has 0 saturated carbocycles. The summed E-state index contributed by atoms with van der Waals surface area (Å²) in [5, 5.41) is -1.34. The average molecular weight is 925 g/mol. The number of benzene rings is 3. The van der Waals surface area contributed by atoms with Crippen LogP contribution in [0.5, 0.6) is 5.75 Å².